The molecule has 0 bridgehead atoms. The van der Waals surface area contributed by atoms with Crippen LogP contribution in [-0.2, 0) is 6.54 Å². The molecule has 0 aliphatic carbocycles. The number of anilines is 1. The van der Waals surface area contributed by atoms with Crippen molar-refractivity contribution in [2.45, 2.75) is 42.4 Å². The van der Waals surface area contributed by atoms with Gasteiger partial charge in [-0.3, -0.25) is 4.79 Å². The first-order chi connectivity index (χ1) is 13.6. The molecule has 0 fully saturated rings. The van der Waals surface area contributed by atoms with Crippen LogP contribution in [0.3, 0.4) is 0 Å². The predicted octanol–water partition coefficient (Wildman–Crippen LogP) is 3.31. The van der Waals surface area contributed by atoms with Crippen molar-refractivity contribution in [2.24, 2.45) is 5.73 Å². The van der Waals surface area contributed by atoms with Crippen molar-refractivity contribution >= 4 is 37.7 Å². The number of hydrogen-bond donors (Lipinski definition) is 2. The number of carbonyl (C=O) groups is 1. The molecule has 0 saturated carbocycles. The van der Waals surface area contributed by atoms with Crippen LogP contribution < -0.4 is 11.1 Å². The van der Waals surface area contributed by atoms with Gasteiger partial charge >= 0.3 is 148 Å². The van der Waals surface area contributed by atoms with Crippen LogP contribution in [0.2, 0.25) is 15.6 Å². The van der Waals surface area contributed by atoms with Crippen LogP contribution in [-0.4, -0.2) is 46.6 Å². The van der Waals surface area contributed by atoms with E-state index in [2.05, 4.69) is 34.1 Å². The molecule has 3 aromatic rings. The Hall–Kier alpha value is -2.40. The molecule has 8 heteroatoms. The fourth-order valence-corrected chi connectivity index (χ4v) is 6.61. The van der Waals surface area contributed by atoms with E-state index in [1.54, 1.807) is 24.7 Å². The van der Waals surface area contributed by atoms with Crippen molar-refractivity contribution in [1.29, 1.82) is 0 Å². The van der Waals surface area contributed by atoms with Gasteiger partial charge in [0, 0.05) is 5.56 Å². The molecule has 0 atom stereocenters. The third-order valence-electron chi connectivity index (χ3n) is 4.78. The van der Waals surface area contributed by atoms with E-state index in [4.69, 9.17) is 5.73 Å². The number of benzene rings is 1. The Balaban J connectivity index is 1.65. The normalized spacial score (nSPS) is 11.2. The van der Waals surface area contributed by atoms with E-state index < -0.39 is 20.6 Å². The number of aromatic nitrogens is 4. The zero-order valence-corrected chi connectivity index (χ0v) is 18.3. The number of rotatable bonds is 10. The molecular formula is C20H27AsN6O. The summed E-state index contributed by atoms with van der Waals surface area (Å²) in [7, 11) is 0. The van der Waals surface area contributed by atoms with Crippen molar-refractivity contribution in [3.63, 3.8) is 0 Å². The van der Waals surface area contributed by atoms with Gasteiger partial charge in [-0.2, -0.15) is 0 Å². The summed E-state index contributed by atoms with van der Waals surface area (Å²) in [5.41, 5.74) is 8.42. The molecule has 148 valence electrons. The molecule has 7 nitrogen and oxygen atoms in total. The molecule has 1 amide bonds. The first-order valence-electron chi connectivity index (χ1n) is 9.63. The second-order valence-corrected chi connectivity index (χ2v) is 13.1. The molecule has 0 unspecified atom stereocenters. The maximum absolute atomic E-state index is 11.2. The van der Waals surface area contributed by atoms with Gasteiger partial charge in [0.2, 0.25) is 5.91 Å². The summed E-state index contributed by atoms with van der Waals surface area (Å²) in [4.78, 5) is 24.6. The summed E-state index contributed by atoms with van der Waals surface area (Å²) in [6.07, 6.45) is 4.70. The molecule has 28 heavy (non-hydrogen) atoms. The third-order valence-corrected chi connectivity index (χ3v) is 10.5. The van der Waals surface area contributed by atoms with Crippen molar-refractivity contribution in [2.75, 3.05) is 11.9 Å². The van der Waals surface area contributed by atoms with Crippen LogP contribution in [0.4, 0.5) is 5.95 Å². The molecule has 3 N–H and O–H groups in total. The fraction of sp³-hybridized carbons (Fsp3) is 0.400. The van der Waals surface area contributed by atoms with E-state index in [0.29, 0.717) is 18.1 Å². The van der Waals surface area contributed by atoms with Gasteiger partial charge in [-0.25, -0.2) is 0 Å². The van der Waals surface area contributed by atoms with Crippen LogP contribution in [0.1, 0.15) is 36.2 Å². The Morgan fingerprint density at radius 3 is 2.61 bits per heavy atom. The summed E-state index contributed by atoms with van der Waals surface area (Å²) in [6.45, 7) is 6.15. The van der Waals surface area contributed by atoms with Gasteiger partial charge in [-0.05, 0) is 0 Å². The summed E-state index contributed by atoms with van der Waals surface area (Å²) in [5, 5.41) is 7.48. The van der Waals surface area contributed by atoms with Gasteiger partial charge < -0.3 is 5.73 Å². The van der Waals surface area contributed by atoms with E-state index >= 15 is 0 Å². The van der Waals surface area contributed by atoms with Gasteiger partial charge in [0.15, 0.2) is 0 Å². The zero-order chi connectivity index (χ0) is 19.9. The summed E-state index contributed by atoms with van der Waals surface area (Å²) in [5.74, 6) is 0.223. The molecule has 0 saturated heterocycles. The molecule has 0 radical (unpaired) electrons. The second kappa shape index (κ2) is 9.69. The number of imidazole rings is 1. The van der Waals surface area contributed by atoms with Crippen LogP contribution in [0.15, 0.2) is 36.8 Å². The Kier molecular flexibility index (Phi) is 7.04. The molecule has 0 aliphatic heterocycles. The van der Waals surface area contributed by atoms with Gasteiger partial charge in [-0.1, -0.05) is 0 Å². The Morgan fingerprint density at radius 1 is 1.18 bits per heavy atom. The molecule has 0 spiro atoms. The minimum atomic E-state index is -0.596. The van der Waals surface area contributed by atoms with Crippen molar-refractivity contribution in [3.05, 3.63) is 47.9 Å². The molecule has 3 rings (SSSR count). The fourth-order valence-electron chi connectivity index (χ4n) is 3.07. The first kappa shape index (κ1) is 20.3. The standard InChI is InChI=1S/C20H27AsN6O/c1-3-21(4-2)10-5-11-23-20-24-12-17-19(26-20)27(14-25-17)13-15-6-8-16(9-7-15)18(22)28/h6-9,12,14H,3-5,10-11,13H2,1-2H3,(H2,22,28)(H,23,24,26). The minimum absolute atomic E-state index is 0.421. The Morgan fingerprint density at radius 2 is 1.93 bits per heavy atom. The van der Waals surface area contributed by atoms with Crippen molar-refractivity contribution in [3.8, 4) is 0 Å². The van der Waals surface area contributed by atoms with Crippen molar-refractivity contribution in [1.82, 2.24) is 19.5 Å². The van der Waals surface area contributed by atoms with Crippen LogP contribution in [0.5, 0.6) is 0 Å². The number of hydrogen-bond acceptors (Lipinski definition) is 5. The maximum atomic E-state index is 11.2. The average molecular weight is 442 g/mol. The van der Waals surface area contributed by atoms with E-state index in [1.165, 1.54) is 22.0 Å². The molecular weight excluding hydrogens is 415 g/mol. The predicted molar refractivity (Wildman–Crippen MR) is 114 cm³/mol. The number of fused-ring (bicyclic) bond motifs is 1. The van der Waals surface area contributed by atoms with E-state index in [9.17, 15) is 4.79 Å². The topological polar surface area (TPSA) is 98.7 Å². The number of primary amides is 1. The van der Waals surface area contributed by atoms with Gasteiger partial charge in [0.1, 0.15) is 0 Å². The summed E-state index contributed by atoms with van der Waals surface area (Å²) in [6, 6.07) is 7.27. The molecule has 0 aliphatic rings. The quantitative estimate of drug-likeness (QED) is 0.371. The molecule has 2 heterocycles. The van der Waals surface area contributed by atoms with Crippen molar-refractivity contribution < 1.29 is 4.79 Å². The summed E-state index contributed by atoms with van der Waals surface area (Å²) < 4.78 is 1.99. The second-order valence-electron chi connectivity index (χ2n) is 6.64. The van der Waals surface area contributed by atoms with Gasteiger partial charge in [-0.15, -0.1) is 0 Å². The summed E-state index contributed by atoms with van der Waals surface area (Å²) >= 11 is -0.596. The molecule has 2 aromatic heterocycles. The van der Waals surface area contributed by atoms with E-state index in [-0.39, 0.29) is 0 Å². The van der Waals surface area contributed by atoms with E-state index in [1.807, 2.05) is 16.7 Å². The molecule has 1 aromatic carbocycles. The number of nitrogens with two attached hydrogens (primary N) is 1. The third kappa shape index (κ3) is 5.10. The van der Waals surface area contributed by atoms with Crippen LogP contribution in [0, 0.1) is 0 Å². The SMILES string of the molecule is CC[As](CC)CCCNc1ncc2ncn(Cc3ccc(C(N)=O)cc3)c2n1. The number of amides is 1. The zero-order valence-electron chi connectivity index (χ0n) is 16.4. The average Bonchev–Trinajstić information content (AvgIpc) is 3.10. The van der Waals surface area contributed by atoms with E-state index in [0.717, 1.165) is 23.3 Å². The number of carbonyl (C=O) groups excluding carboxylic acids is 1. The van der Waals surface area contributed by atoms with Crippen LogP contribution >= 0.6 is 0 Å². The first-order valence-corrected chi connectivity index (χ1v) is 13.6. The number of nitrogens with one attached hydrogen (secondary N) is 1. The Bertz CT molecular complexity index is 920. The monoisotopic (exact) mass is 442 g/mol. The van der Waals surface area contributed by atoms with Gasteiger partial charge in [0.05, 0.1) is 0 Å². The number of nitrogens with zero attached hydrogens (tertiary/aromatic N) is 4. The van der Waals surface area contributed by atoms with Crippen LogP contribution in [0.25, 0.3) is 11.2 Å². The van der Waals surface area contributed by atoms with Gasteiger partial charge in [0.25, 0.3) is 0 Å². The Labute approximate surface area is 170 Å².